The van der Waals surface area contributed by atoms with Crippen LogP contribution in [-0.4, -0.2) is 40.6 Å². The quantitative estimate of drug-likeness (QED) is 0.692. The molecular formula is C20H23N5O2S. The van der Waals surface area contributed by atoms with Crippen LogP contribution in [0.3, 0.4) is 0 Å². The molecule has 0 unspecified atom stereocenters. The minimum Gasteiger partial charge on any atom is -0.366 e. The molecule has 7 nitrogen and oxygen atoms in total. The van der Waals surface area contributed by atoms with E-state index in [2.05, 4.69) is 15.4 Å². The SMILES string of the molecule is Cc1ccn(-c2ccccc2CNc2ccc(S(=O)(=O)N3CCCC3)cn2)n1. The summed E-state index contributed by atoms with van der Waals surface area (Å²) in [4.78, 5) is 4.54. The lowest BCUT2D eigenvalue weighted by Gasteiger charge is -2.15. The number of benzene rings is 1. The Bertz CT molecular complexity index is 1050. The highest BCUT2D eigenvalue weighted by molar-refractivity contribution is 7.89. The molecule has 1 fully saturated rings. The number of para-hydroxylation sites is 1. The fourth-order valence-electron chi connectivity index (χ4n) is 3.33. The van der Waals surface area contributed by atoms with E-state index in [1.807, 2.05) is 48.1 Å². The van der Waals surface area contributed by atoms with Crippen molar-refractivity contribution in [2.24, 2.45) is 0 Å². The second-order valence-corrected chi connectivity index (χ2v) is 8.81. The minimum atomic E-state index is -3.43. The van der Waals surface area contributed by atoms with Crippen molar-refractivity contribution in [2.75, 3.05) is 18.4 Å². The van der Waals surface area contributed by atoms with E-state index in [-0.39, 0.29) is 4.90 Å². The molecule has 0 atom stereocenters. The molecule has 0 aliphatic carbocycles. The van der Waals surface area contributed by atoms with Gasteiger partial charge in [0.1, 0.15) is 10.7 Å². The monoisotopic (exact) mass is 397 g/mol. The van der Waals surface area contributed by atoms with Gasteiger partial charge >= 0.3 is 0 Å². The Morgan fingerprint density at radius 2 is 1.86 bits per heavy atom. The third kappa shape index (κ3) is 3.79. The van der Waals surface area contributed by atoms with Gasteiger partial charge in [0.15, 0.2) is 0 Å². The van der Waals surface area contributed by atoms with Gasteiger partial charge in [0.2, 0.25) is 10.0 Å². The molecule has 0 bridgehead atoms. The second kappa shape index (κ2) is 7.73. The van der Waals surface area contributed by atoms with Gasteiger partial charge in [0.05, 0.1) is 11.4 Å². The molecule has 0 spiro atoms. The number of hydrogen-bond acceptors (Lipinski definition) is 5. The van der Waals surface area contributed by atoms with E-state index in [1.165, 1.54) is 10.5 Å². The Labute approximate surface area is 165 Å². The molecule has 0 radical (unpaired) electrons. The summed E-state index contributed by atoms with van der Waals surface area (Å²) in [5.74, 6) is 0.631. The second-order valence-electron chi connectivity index (χ2n) is 6.87. The highest BCUT2D eigenvalue weighted by atomic mass is 32.2. The Kier molecular flexibility index (Phi) is 5.15. The number of hydrogen-bond donors (Lipinski definition) is 1. The molecular weight excluding hydrogens is 374 g/mol. The van der Waals surface area contributed by atoms with E-state index in [0.29, 0.717) is 25.5 Å². The summed E-state index contributed by atoms with van der Waals surface area (Å²) in [6.07, 6.45) is 5.20. The zero-order chi connectivity index (χ0) is 19.6. The molecule has 28 heavy (non-hydrogen) atoms. The van der Waals surface area contributed by atoms with Crippen LogP contribution in [0, 0.1) is 6.92 Å². The fourth-order valence-corrected chi connectivity index (χ4v) is 4.80. The van der Waals surface area contributed by atoms with Crippen molar-refractivity contribution >= 4 is 15.8 Å². The highest BCUT2D eigenvalue weighted by Crippen LogP contribution is 2.21. The lowest BCUT2D eigenvalue weighted by molar-refractivity contribution is 0.477. The summed E-state index contributed by atoms with van der Waals surface area (Å²) < 4.78 is 28.5. The topological polar surface area (TPSA) is 80.1 Å². The van der Waals surface area contributed by atoms with E-state index in [1.54, 1.807) is 12.1 Å². The van der Waals surface area contributed by atoms with E-state index in [9.17, 15) is 8.42 Å². The van der Waals surface area contributed by atoms with E-state index in [4.69, 9.17) is 0 Å². The number of nitrogens with zero attached hydrogens (tertiary/aromatic N) is 4. The molecule has 1 aliphatic rings. The van der Waals surface area contributed by atoms with Gasteiger partial charge in [-0.05, 0) is 49.6 Å². The van der Waals surface area contributed by atoms with Crippen LogP contribution in [0.1, 0.15) is 24.1 Å². The van der Waals surface area contributed by atoms with Gasteiger partial charge in [-0.1, -0.05) is 18.2 Å². The molecule has 0 amide bonds. The zero-order valence-electron chi connectivity index (χ0n) is 15.7. The minimum absolute atomic E-state index is 0.243. The largest absolute Gasteiger partial charge is 0.366 e. The average Bonchev–Trinajstić information content (AvgIpc) is 3.39. The molecule has 8 heteroatoms. The number of nitrogens with one attached hydrogen (secondary N) is 1. The van der Waals surface area contributed by atoms with Gasteiger partial charge in [-0.25, -0.2) is 18.1 Å². The van der Waals surface area contributed by atoms with Crippen LogP contribution in [-0.2, 0) is 16.6 Å². The molecule has 1 saturated heterocycles. The summed E-state index contributed by atoms with van der Waals surface area (Å²) in [5, 5.41) is 7.74. The molecule has 1 N–H and O–H groups in total. The maximum Gasteiger partial charge on any atom is 0.244 e. The van der Waals surface area contributed by atoms with Crippen molar-refractivity contribution in [3.63, 3.8) is 0 Å². The van der Waals surface area contributed by atoms with Crippen LogP contribution in [0.5, 0.6) is 0 Å². The molecule has 3 aromatic rings. The summed E-state index contributed by atoms with van der Waals surface area (Å²) in [5.41, 5.74) is 3.02. The van der Waals surface area contributed by atoms with Gasteiger partial charge < -0.3 is 5.32 Å². The van der Waals surface area contributed by atoms with E-state index in [0.717, 1.165) is 29.8 Å². The summed E-state index contributed by atoms with van der Waals surface area (Å²) in [6, 6.07) is 13.3. The first-order valence-electron chi connectivity index (χ1n) is 9.35. The molecule has 4 rings (SSSR count). The molecule has 146 valence electrons. The predicted molar refractivity (Wildman–Crippen MR) is 108 cm³/mol. The molecule has 0 saturated carbocycles. The van der Waals surface area contributed by atoms with Gasteiger partial charge in [-0.15, -0.1) is 0 Å². The normalized spacial score (nSPS) is 15.0. The predicted octanol–water partition coefficient (Wildman–Crippen LogP) is 2.97. The van der Waals surface area contributed by atoms with Gasteiger partial charge in [0, 0.05) is 32.0 Å². The lowest BCUT2D eigenvalue weighted by Crippen LogP contribution is -2.27. The van der Waals surface area contributed by atoms with E-state index >= 15 is 0 Å². The molecule has 1 aliphatic heterocycles. The number of sulfonamides is 1. The third-order valence-corrected chi connectivity index (χ3v) is 6.74. The molecule has 3 heterocycles. The maximum atomic E-state index is 12.6. The number of aryl methyl sites for hydroxylation is 1. The first kappa shape index (κ1) is 18.6. The average molecular weight is 398 g/mol. The van der Waals surface area contributed by atoms with Crippen molar-refractivity contribution in [3.8, 4) is 5.69 Å². The van der Waals surface area contributed by atoms with Gasteiger partial charge in [-0.2, -0.15) is 9.40 Å². The maximum absolute atomic E-state index is 12.6. The Hall–Kier alpha value is -2.71. The first-order valence-corrected chi connectivity index (χ1v) is 10.8. The number of anilines is 1. The van der Waals surface area contributed by atoms with Crippen LogP contribution >= 0.6 is 0 Å². The van der Waals surface area contributed by atoms with E-state index < -0.39 is 10.0 Å². The Morgan fingerprint density at radius 1 is 1.07 bits per heavy atom. The van der Waals surface area contributed by atoms with Crippen molar-refractivity contribution in [3.05, 3.63) is 66.1 Å². The molecule has 2 aromatic heterocycles. The summed E-state index contributed by atoms with van der Waals surface area (Å²) in [6.45, 7) is 3.69. The summed E-state index contributed by atoms with van der Waals surface area (Å²) in [7, 11) is -3.43. The Morgan fingerprint density at radius 3 is 2.54 bits per heavy atom. The lowest BCUT2D eigenvalue weighted by atomic mass is 10.2. The van der Waals surface area contributed by atoms with Crippen LogP contribution < -0.4 is 5.32 Å². The smallest absolute Gasteiger partial charge is 0.244 e. The van der Waals surface area contributed by atoms with Crippen molar-refractivity contribution in [2.45, 2.75) is 31.2 Å². The first-order chi connectivity index (χ1) is 13.5. The van der Waals surface area contributed by atoms with Crippen molar-refractivity contribution in [1.82, 2.24) is 19.1 Å². The molecule has 1 aromatic carbocycles. The van der Waals surface area contributed by atoms with Crippen LogP contribution in [0.4, 0.5) is 5.82 Å². The van der Waals surface area contributed by atoms with Crippen LogP contribution in [0.25, 0.3) is 5.69 Å². The number of pyridine rings is 1. The van der Waals surface area contributed by atoms with Crippen molar-refractivity contribution < 1.29 is 8.42 Å². The van der Waals surface area contributed by atoms with Gasteiger partial charge in [0.25, 0.3) is 0 Å². The number of aromatic nitrogens is 3. The third-order valence-electron chi connectivity index (χ3n) is 4.86. The Balaban J connectivity index is 1.48. The number of rotatable bonds is 6. The van der Waals surface area contributed by atoms with Crippen molar-refractivity contribution in [1.29, 1.82) is 0 Å². The summed E-state index contributed by atoms with van der Waals surface area (Å²) >= 11 is 0. The zero-order valence-corrected chi connectivity index (χ0v) is 16.6. The van der Waals surface area contributed by atoms with Crippen LogP contribution in [0.15, 0.2) is 59.8 Å². The van der Waals surface area contributed by atoms with Gasteiger partial charge in [-0.3, -0.25) is 0 Å². The van der Waals surface area contributed by atoms with Crippen LogP contribution in [0.2, 0.25) is 0 Å². The highest BCUT2D eigenvalue weighted by Gasteiger charge is 2.27. The fraction of sp³-hybridized carbons (Fsp3) is 0.300. The standard InChI is InChI=1S/C20H23N5O2S/c1-16-10-13-25(23-16)19-7-3-2-6-17(19)14-21-20-9-8-18(15-22-20)28(26,27)24-11-4-5-12-24/h2-3,6-10,13,15H,4-5,11-12,14H2,1H3,(H,21,22).